The molecule has 3 nitrogen and oxygen atoms in total. The number of ether oxygens (including phenoxy) is 1. The maximum atomic E-state index is 10.1. The number of hydrogen-bond acceptors (Lipinski definition) is 3. The fraction of sp³-hybridized carbons (Fsp3) is 0.600. The lowest BCUT2D eigenvalue weighted by molar-refractivity contribution is -0.148. The van der Waals surface area contributed by atoms with Crippen molar-refractivity contribution in [2.45, 2.75) is 13.0 Å². The van der Waals surface area contributed by atoms with Gasteiger partial charge in [0.1, 0.15) is 0 Å². The lowest BCUT2D eigenvalue weighted by Crippen LogP contribution is -2.18. The Bertz CT molecular complexity index is 113. The van der Waals surface area contributed by atoms with Gasteiger partial charge in [-0.15, -0.1) is 11.6 Å². The SMILES string of the molecule is CC(=O)O[C@@H](C=O)CCl. The third kappa shape index (κ3) is 3.97. The van der Waals surface area contributed by atoms with E-state index in [1.165, 1.54) is 6.92 Å². The predicted octanol–water partition coefficient (Wildman–Crippen LogP) is 0.356. The first kappa shape index (κ1) is 8.43. The van der Waals surface area contributed by atoms with Crippen molar-refractivity contribution in [3.8, 4) is 0 Å². The summed E-state index contributed by atoms with van der Waals surface area (Å²) in [7, 11) is 0. The van der Waals surface area contributed by atoms with Crippen LogP contribution in [-0.4, -0.2) is 24.2 Å². The highest BCUT2D eigenvalue weighted by Gasteiger charge is 2.06. The molecule has 0 spiro atoms. The maximum absolute atomic E-state index is 10.1. The van der Waals surface area contributed by atoms with Crippen LogP contribution in [0, 0.1) is 0 Å². The molecule has 0 N–H and O–H groups in total. The molecule has 52 valence electrons. The summed E-state index contributed by atoms with van der Waals surface area (Å²) < 4.78 is 4.41. The zero-order valence-electron chi connectivity index (χ0n) is 4.96. The van der Waals surface area contributed by atoms with Crippen molar-refractivity contribution < 1.29 is 14.3 Å². The zero-order valence-corrected chi connectivity index (χ0v) is 5.72. The number of esters is 1. The Labute approximate surface area is 57.9 Å². The van der Waals surface area contributed by atoms with Gasteiger partial charge in [-0.05, 0) is 0 Å². The topological polar surface area (TPSA) is 43.4 Å². The van der Waals surface area contributed by atoms with Gasteiger partial charge < -0.3 is 4.74 Å². The number of alkyl halides is 1. The zero-order chi connectivity index (χ0) is 7.28. The summed E-state index contributed by atoms with van der Waals surface area (Å²) in [6.07, 6.45) is -0.293. The third-order valence-electron chi connectivity index (χ3n) is 0.621. The van der Waals surface area contributed by atoms with Crippen molar-refractivity contribution in [2.24, 2.45) is 0 Å². The molecule has 0 amide bonds. The highest BCUT2D eigenvalue weighted by molar-refractivity contribution is 6.19. The van der Waals surface area contributed by atoms with Gasteiger partial charge in [0.15, 0.2) is 12.4 Å². The van der Waals surface area contributed by atoms with Gasteiger partial charge >= 0.3 is 5.97 Å². The second-order valence-corrected chi connectivity index (χ2v) is 1.75. The van der Waals surface area contributed by atoms with Crippen LogP contribution in [-0.2, 0) is 14.3 Å². The average molecular weight is 151 g/mol. The predicted molar refractivity (Wildman–Crippen MR) is 32.3 cm³/mol. The van der Waals surface area contributed by atoms with Gasteiger partial charge in [0, 0.05) is 6.92 Å². The van der Waals surface area contributed by atoms with Gasteiger partial charge in [-0.2, -0.15) is 0 Å². The maximum Gasteiger partial charge on any atom is 0.303 e. The Balaban J connectivity index is 3.55. The van der Waals surface area contributed by atoms with Crippen molar-refractivity contribution in [1.82, 2.24) is 0 Å². The quantitative estimate of drug-likeness (QED) is 0.331. The van der Waals surface area contributed by atoms with E-state index in [-0.39, 0.29) is 5.88 Å². The van der Waals surface area contributed by atoms with E-state index in [4.69, 9.17) is 11.6 Å². The third-order valence-corrected chi connectivity index (χ3v) is 0.925. The van der Waals surface area contributed by atoms with Crippen LogP contribution in [0.1, 0.15) is 6.92 Å². The Morgan fingerprint density at radius 3 is 2.56 bits per heavy atom. The highest BCUT2D eigenvalue weighted by atomic mass is 35.5. The van der Waals surface area contributed by atoms with E-state index in [1.54, 1.807) is 0 Å². The monoisotopic (exact) mass is 150 g/mol. The molecule has 4 heteroatoms. The number of halogens is 1. The summed E-state index contributed by atoms with van der Waals surface area (Å²) in [6, 6.07) is 0. The molecule has 0 aliphatic heterocycles. The van der Waals surface area contributed by atoms with Crippen LogP contribution >= 0.6 is 11.6 Å². The minimum atomic E-state index is -0.788. The standard InChI is InChI=1S/C5H7ClO3/c1-4(8)9-5(2-6)3-7/h3,5H,2H2,1H3/t5-/m1/s1. The average Bonchev–Trinajstić information content (AvgIpc) is 1.82. The molecule has 0 aliphatic rings. The number of rotatable bonds is 3. The van der Waals surface area contributed by atoms with Crippen LogP contribution in [0.3, 0.4) is 0 Å². The number of hydrogen-bond donors (Lipinski definition) is 0. The molecule has 0 aromatic carbocycles. The van der Waals surface area contributed by atoms with Gasteiger partial charge in [-0.25, -0.2) is 0 Å². The fourth-order valence-electron chi connectivity index (χ4n) is 0.309. The van der Waals surface area contributed by atoms with E-state index in [0.29, 0.717) is 6.29 Å². The van der Waals surface area contributed by atoms with E-state index in [2.05, 4.69) is 4.74 Å². The molecule has 0 rings (SSSR count). The molecule has 0 radical (unpaired) electrons. The van der Waals surface area contributed by atoms with Crippen molar-refractivity contribution in [1.29, 1.82) is 0 Å². The summed E-state index contributed by atoms with van der Waals surface area (Å²) in [6.45, 7) is 1.23. The van der Waals surface area contributed by atoms with Crippen LogP contribution in [0.5, 0.6) is 0 Å². The first-order valence-electron chi connectivity index (χ1n) is 2.39. The van der Waals surface area contributed by atoms with Gasteiger partial charge in [-0.1, -0.05) is 0 Å². The first-order valence-corrected chi connectivity index (χ1v) is 2.92. The van der Waals surface area contributed by atoms with Gasteiger partial charge in [-0.3, -0.25) is 9.59 Å². The molecule has 0 unspecified atom stereocenters. The molecule has 0 fully saturated rings. The Kier molecular flexibility index (Phi) is 4.05. The van der Waals surface area contributed by atoms with Crippen LogP contribution < -0.4 is 0 Å². The van der Waals surface area contributed by atoms with Crippen molar-refractivity contribution >= 4 is 23.9 Å². The first-order chi connectivity index (χ1) is 4.20. The van der Waals surface area contributed by atoms with Crippen LogP contribution in [0.25, 0.3) is 0 Å². The van der Waals surface area contributed by atoms with E-state index < -0.39 is 12.1 Å². The highest BCUT2D eigenvalue weighted by Crippen LogP contribution is 1.91. The van der Waals surface area contributed by atoms with Crippen LogP contribution in [0.2, 0.25) is 0 Å². The Morgan fingerprint density at radius 2 is 2.44 bits per heavy atom. The molecule has 9 heavy (non-hydrogen) atoms. The van der Waals surface area contributed by atoms with Crippen molar-refractivity contribution in [3.05, 3.63) is 0 Å². The summed E-state index contributed by atoms with van der Waals surface area (Å²) in [5, 5.41) is 0. The Morgan fingerprint density at radius 1 is 1.89 bits per heavy atom. The molecule has 1 atom stereocenters. The molecule has 0 bridgehead atoms. The molecule has 0 saturated carbocycles. The van der Waals surface area contributed by atoms with E-state index in [1.807, 2.05) is 0 Å². The molecule has 0 aliphatic carbocycles. The molecule has 0 aromatic heterocycles. The molecular weight excluding hydrogens is 144 g/mol. The number of aldehydes is 1. The van der Waals surface area contributed by atoms with E-state index >= 15 is 0 Å². The molecular formula is C5H7ClO3. The summed E-state index contributed by atoms with van der Waals surface area (Å²) in [5.74, 6) is -0.476. The number of carbonyl (C=O) groups is 2. The second kappa shape index (κ2) is 4.32. The van der Waals surface area contributed by atoms with Gasteiger partial charge in [0.05, 0.1) is 5.88 Å². The summed E-state index contributed by atoms with van der Waals surface area (Å²) in [5.41, 5.74) is 0. The van der Waals surface area contributed by atoms with Crippen LogP contribution in [0.15, 0.2) is 0 Å². The largest absolute Gasteiger partial charge is 0.454 e. The summed E-state index contributed by atoms with van der Waals surface area (Å²) >= 11 is 5.20. The van der Waals surface area contributed by atoms with Gasteiger partial charge in [0.25, 0.3) is 0 Å². The smallest absolute Gasteiger partial charge is 0.303 e. The lowest BCUT2D eigenvalue weighted by Gasteiger charge is -2.04. The molecule has 0 heterocycles. The minimum absolute atomic E-state index is 0.0169. The fourth-order valence-corrected chi connectivity index (χ4v) is 0.445. The molecule has 0 saturated heterocycles. The summed E-state index contributed by atoms with van der Waals surface area (Å²) in [4.78, 5) is 20.0. The van der Waals surface area contributed by atoms with Crippen molar-refractivity contribution in [3.63, 3.8) is 0 Å². The molecule has 0 aromatic rings. The Hall–Kier alpha value is -0.570. The number of carbonyl (C=O) groups excluding carboxylic acids is 2. The van der Waals surface area contributed by atoms with Crippen molar-refractivity contribution in [2.75, 3.05) is 5.88 Å². The minimum Gasteiger partial charge on any atom is -0.454 e. The normalized spacial score (nSPS) is 12.2. The van der Waals surface area contributed by atoms with Crippen LogP contribution in [0.4, 0.5) is 0 Å². The lowest BCUT2D eigenvalue weighted by atomic mass is 10.4. The van der Waals surface area contributed by atoms with E-state index in [0.717, 1.165) is 0 Å². The van der Waals surface area contributed by atoms with Gasteiger partial charge in [0.2, 0.25) is 0 Å². The van der Waals surface area contributed by atoms with E-state index in [9.17, 15) is 9.59 Å². The second-order valence-electron chi connectivity index (χ2n) is 1.44.